The molecule has 2 N–H and O–H groups in total. The maximum Gasteiger partial charge on any atom is 0.152 e. The predicted octanol–water partition coefficient (Wildman–Crippen LogP) is 13.5. The zero-order valence-electron chi connectivity index (χ0n) is 31.5. The summed E-state index contributed by atoms with van der Waals surface area (Å²) in [7, 11) is 0. The lowest BCUT2D eigenvalue weighted by atomic mass is 9.70. The Bertz CT molecular complexity index is 873. The van der Waals surface area contributed by atoms with Crippen molar-refractivity contribution in [1.82, 2.24) is 0 Å². The third-order valence-electron chi connectivity index (χ3n) is 9.86. The van der Waals surface area contributed by atoms with Crippen LogP contribution >= 0.6 is 12.4 Å². The fourth-order valence-corrected chi connectivity index (χ4v) is 6.69. The molecular weight excluding hydrogens is 610 g/mol. The molecule has 0 heterocycles. The number of carbonyl (C=O) groups excluding carboxylic acids is 2. The number of carbonyl (C=O) groups is 2. The Labute approximate surface area is 304 Å². The number of rotatable bonds is 34. The summed E-state index contributed by atoms with van der Waals surface area (Å²) in [5.74, 6) is 0.0307. The number of halogens is 1. The molecule has 0 saturated carbocycles. The van der Waals surface area contributed by atoms with E-state index in [1.54, 1.807) is 0 Å². The first kappa shape index (κ1) is 46.3. The van der Waals surface area contributed by atoms with Gasteiger partial charge in [0.25, 0.3) is 0 Å². The van der Waals surface area contributed by atoms with Gasteiger partial charge >= 0.3 is 0 Å². The quantitative estimate of drug-likeness (QED) is 0.0446. The van der Waals surface area contributed by atoms with E-state index in [-0.39, 0.29) is 30.5 Å². The monoisotopic (exact) mass is 686 g/mol. The van der Waals surface area contributed by atoms with Crippen molar-refractivity contribution in [2.24, 2.45) is 5.73 Å². The van der Waals surface area contributed by atoms with Crippen molar-refractivity contribution in [2.75, 3.05) is 6.54 Å². The maximum atomic E-state index is 13.7. The number of ketones is 2. The van der Waals surface area contributed by atoms with Gasteiger partial charge in [0.15, 0.2) is 11.6 Å². The summed E-state index contributed by atoms with van der Waals surface area (Å²) in [5.41, 5.74) is 5.88. The molecule has 0 atom stereocenters. The second-order valence-corrected chi connectivity index (χ2v) is 14.0. The molecule has 0 unspecified atom stereocenters. The van der Waals surface area contributed by atoms with Crippen LogP contribution in [0.2, 0.25) is 0 Å². The summed E-state index contributed by atoms with van der Waals surface area (Å²) in [6, 6.07) is 9.62. The molecule has 0 aromatic heterocycles. The average molecular weight is 687 g/mol. The van der Waals surface area contributed by atoms with Gasteiger partial charge in [0, 0.05) is 19.4 Å². The highest BCUT2D eigenvalue weighted by molar-refractivity contribution is 6.13. The second-order valence-electron chi connectivity index (χ2n) is 14.0. The molecule has 1 rings (SSSR count). The molecule has 0 aliphatic heterocycles. The van der Waals surface area contributed by atoms with Crippen LogP contribution in [0.4, 0.5) is 0 Å². The summed E-state index contributed by atoms with van der Waals surface area (Å²) in [6.45, 7) is 4.60. The van der Waals surface area contributed by atoms with E-state index < -0.39 is 5.41 Å². The summed E-state index contributed by atoms with van der Waals surface area (Å²) >= 11 is 0. The van der Waals surface area contributed by atoms with Gasteiger partial charge in [0.05, 0.1) is 0 Å². The summed E-state index contributed by atoms with van der Waals surface area (Å²) < 4.78 is 0. The molecule has 1 aromatic rings. The van der Waals surface area contributed by atoms with E-state index in [1.807, 2.05) is 30.3 Å². The molecule has 4 heteroatoms. The summed E-state index contributed by atoms with van der Waals surface area (Å²) in [5, 5.41) is 0. The van der Waals surface area contributed by atoms with Crippen LogP contribution in [0.25, 0.3) is 0 Å². The van der Waals surface area contributed by atoms with Crippen molar-refractivity contribution in [3.8, 4) is 0 Å². The van der Waals surface area contributed by atoms with Crippen molar-refractivity contribution in [2.45, 2.75) is 199 Å². The SMILES string of the molecule is CCCCCCCC/C=C\CCCCCCCC(=O)C(CN)(C(=O)CCCCCCC/C=C\CCCCCCCC)c1ccccc1.Cl. The summed E-state index contributed by atoms with van der Waals surface area (Å²) in [4.78, 5) is 27.4. The van der Waals surface area contributed by atoms with E-state index in [4.69, 9.17) is 5.73 Å². The number of nitrogens with two attached hydrogens (primary N) is 1. The van der Waals surface area contributed by atoms with Gasteiger partial charge in [-0.05, 0) is 69.8 Å². The molecule has 1 aromatic carbocycles. The Kier molecular flexibility index (Phi) is 32.6. The van der Waals surface area contributed by atoms with E-state index in [9.17, 15) is 9.59 Å². The van der Waals surface area contributed by atoms with Gasteiger partial charge in [-0.1, -0.05) is 171 Å². The van der Waals surface area contributed by atoms with Gasteiger partial charge in [-0.3, -0.25) is 9.59 Å². The minimum absolute atomic E-state index is 0. The predicted molar refractivity (Wildman–Crippen MR) is 213 cm³/mol. The van der Waals surface area contributed by atoms with Crippen LogP contribution in [-0.4, -0.2) is 18.1 Å². The number of hydrogen-bond donors (Lipinski definition) is 1. The molecule has 0 saturated heterocycles. The molecule has 0 aliphatic rings. The van der Waals surface area contributed by atoms with Crippen LogP contribution < -0.4 is 5.73 Å². The van der Waals surface area contributed by atoms with E-state index in [0.29, 0.717) is 12.8 Å². The van der Waals surface area contributed by atoms with Gasteiger partial charge in [0.2, 0.25) is 0 Å². The highest BCUT2D eigenvalue weighted by atomic mass is 35.5. The molecule has 0 amide bonds. The van der Waals surface area contributed by atoms with Crippen molar-refractivity contribution in [3.05, 3.63) is 60.2 Å². The zero-order valence-corrected chi connectivity index (χ0v) is 32.3. The lowest BCUT2D eigenvalue weighted by molar-refractivity contribution is -0.135. The van der Waals surface area contributed by atoms with Crippen LogP contribution in [0, 0.1) is 0 Å². The van der Waals surface area contributed by atoms with Crippen LogP contribution in [0.15, 0.2) is 54.6 Å². The Hall–Kier alpha value is -1.71. The fourth-order valence-electron chi connectivity index (χ4n) is 6.69. The van der Waals surface area contributed by atoms with Crippen molar-refractivity contribution in [1.29, 1.82) is 0 Å². The first-order valence-electron chi connectivity index (χ1n) is 20.3. The van der Waals surface area contributed by atoms with Gasteiger partial charge < -0.3 is 5.73 Å². The highest BCUT2D eigenvalue weighted by Crippen LogP contribution is 2.30. The molecule has 3 nitrogen and oxygen atoms in total. The minimum Gasteiger partial charge on any atom is -0.329 e. The van der Waals surface area contributed by atoms with Gasteiger partial charge in [-0.2, -0.15) is 0 Å². The fraction of sp³-hybridized carbons (Fsp3) is 0.727. The van der Waals surface area contributed by atoms with E-state index in [0.717, 1.165) is 56.9 Å². The first-order valence-corrected chi connectivity index (χ1v) is 20.3. The zero-order chi connectivity index (χ0) is 34.1. The minimum atomic E-state index is -1.19. The smallest absolute Gasteiger partial charge is 0.152 e. The van der Waals surface area contributed by atoms with Crippen molar-refractivity contribution in [3.63, 3.8) is 0 Å². The Balaban J connectivity index is 0.0000221. The molecule has 0 radical (unpaired) electrons. The molecule has 0 aliphatic carbocycles. The number of benzene rings is 1. The largest absolute Gasteiger partial charge is 0.329 e. The van der Waals surface area contributed by atoms with Crippen molar-refractivity contribution < 1.29 is 9.59 Å². The standard InChI is InChI=1S/C44H75NO2.ClH/c1-3-5-7-9-11-13-15-17-19-21-23-25-27-29-34-38-42(46)44(40-45,41-36-32-31-33-37-41)43(47)39-35-30-28-26-24-22-20-18-16-14-12-10-8-6-4-2;/h17-20,31-33,36-37H,3-16,21-30,34-35,38-40,45H2,1-2H3;1H/b19-17-,20-18-;. The normalized spacial score (nSPS) is 11.8. The molecular formula is C44H76ClNO2. The van der Waals surface area contributed by atoms with Gasteiger partial charge in [0.1, 0.15) is 5.41 Å². The van der Waals surface area contributed by atoms with E-state index >= 15 is 0 Å². The molecule has 48 heavy (non-hydrogen) atoms. The second kappa shape index (κ2) is 33.8. The Morgan fingerprint density at radius 3 is 1.15 bits per heavy atom. The van der Waals surface area contributed by atoms with Gasteiger partial charge in [-0.25, -0.2) is 0 Å². The lowest BCUT2D eigenvalue weighted by Crippen LogP contribution is -2.49. The topological polar surface area (TPSA) is 60.2 Å². The highest BCUT2D eigenvalue weighted by Gasteiger charge is 2.44. The summed E-state index contributed by atoms with van der Waals surface area (Å²) in [6.07, 6.45) is 42.2. The van der Waals surface area contributed by atoms with Crippen LogP contribution in [0.1, 0.15) is 199 Å². The van der Waals surface area contributed by atoms with Crippen LogP contribution in [-0.2, 0) is 15.0 Å². The number of Topliss-reactive ketones (excluding diaryl/α,β-unsaturated/α-hetero) is 2. The lowest BCUT2D eigenvalue weighted by Gasteiger charge is -2.30. The molecule has 0 spiro atoms. The average Bonchev–Trinajstić information content (AvgIpc) is 3.09. The number of allylic oxidation sites excluding steroid dienone is 4. The molecule has 0 fully saturated rings. The van der Waals surface area contributed by atoms with Crippen LogP contribution in [0.3, 0.4) is 0 Å². The van der Waals surface area contributed by atoms with E-state index in [2.05, 4.69) is 38.2 Å². The molecule has 276 valence electrons. The third-order valence-corrected chi connectivity index (χ3v) is 9.86. The Morgan fingerprint density at radius 2 is 0.812 bits per heavy atom. The Morgan fingerprint density at radius 1 is 0.500 bits per heavy atom. The van der Waals surface area contributed by atoms with E-state index in [1.165, 1.54) is 116 Å². The number of unbranched alkanes of at least 4 members (excludes halogenated alkanes) is 22. The maximum absolute atomic E-state index is 13.7. The third kappa shape index (κ3) is 22.1. The first-order chi connectivity index (χ1) is 23.1. The molecule has 0 bridgehead atoms. The number of hydrogen-bond acceptors (Lipinski definition) is 3. The van der Waals surface area contributed by atoms with Gasteiger partial charge in [-0.15, -0.1) is 12.4 Å². The van der Waals surface area contributed by atoms with Crippen LogP contribution in [0.5, 0.6) is 0 Å². The van der Waals surface area contributed by atoms with Crippen molar-refractivity contribution >= 4 is 24.0 Å².